The van der Waals surface area contributed by atoms with Crippen LogP contribution < -0.4 is 24.4 Å². The zero-order valence-electron chi connectivity index (χ0n) is 57.4. The lowest BCUT2D eigenvalue weighted by molar-refractivity contribution is -0.271. The average molecular weight is 1530 g/mol. The average Bonchev–Trinajstić information content (AvgIpc) is 1.03. The van der Waals surface area contributed by atoms with Crippen LogP contribution in [0.2, 0.25) is 0 Å². The number of sulfone groups is 2. The van der Waals surface area contributed by atoms with Crippen LogP contribution >= 0.6 is 34.9 Å². The second-order valence-electron chi connectivity index (χ2n) is 28.9. The number of thioether (sulfide) groups is 2. The monoisotopic (exact) mass is 1530 g/mol. The zero-order valence-corrected chi connectivity index (χ0v) is 61.5. The third-order valence-electron chi connectivity index (χ3n) is 18.9. The Bertz CT molecular complexity index is 4430. The number of nitrogens with zero attached hydrogens (tertiary/aromatic N) is 1. The van der Waals surface area contributed by atoms with Crippen molar-refractivity contribution in [1.29, 1.82) is 0 Å². The number of rotatable bonds is 18. The van der Waals surface area contributed by atoms with Crippen LogP contribution in [0.3, 0.4) is 0 Å². The molecule has 31 heteroatoms. The first kappa shape index (κ1) is 79.4. The molecule has 4 aromatic carbocycles. The fourth-order valence-electron chi connectivity index (χ4n) is 13.4. The fourth-order valence-corrected chi connectivity index (χ4v) is 16.6. The van der Waals surface area contributed by atoms with Crippen molar-refractivity contribution >= 4 is 70.5 Å². The largest absolute Gasteiger partial charge is 0.493 e. The molecular weight excluding hydrogens is 1450 g/mol. The lowest BCUT2D eigenvalue weighted by Crippen LogP contribution is -2.52. The van der Waals surface area contributed by atoms with Gasteiger partial charge in [-0.3, -0.25) is 9.59 Å². The van der Waals surface area contributed by atoms with Crippen molar-refractivity contribution in [1.82, 2.24) is 4.57 Å². The maximum absolute atomic E-state index is 14.3. The molecule has 3 atom stereocenters. The highest BCUT2D eigenvalue weighted by atomic mass is 32.2. The third kappa shape index (κ3) is 17.2. The van der Waals surface area contributed by atoms with Gasteiger partial charge < -0.3 is 38.1 Å². The Hall–Kier alpha value is -5.70. The van der Waals surface area contributed by atoms with Gasteiger partial charge >= 0.3 is 24.7 Å². The molecule has 2 saturated heterocycles. The molecule has 101 heavy (non-hydrogen) atoms. The number of carbonyl (C=O) groups is 1. The quantitative estimate of drug-likeness (QED) is 0.0485. The second-order valence-corrected chi connectivity index (χ2v) is 35.6. The van der Waals surface area contributed by atoms with Gasteiger partial charge in [0, 0.05) is 94.3 Å². The number of benzene rings is 4. The van der Waals surface area contributed by atoms with E-state index in [1.807, 2.05) is 44.6 Å². The number of aliphatic hydroxyl groups is 1. The molecule has 0 spiro atoms. The van der Waals surface area contributed by atoms with E-state index in [-0.39, 0.29) is 41.3 Å². The Morgan fingerprint density at radius 1 is 0.554 bits per heavy atom. The molecule has 6 aromatic rings. The van der Waals surface area contributed by atoms with Crippen LogP contribution in [0.1, 0.15) is 126 Å². The van der Waals surface area contributed by atoms with E-state index in [0.29, 0.717) is 89.0 Å². The highest BCUT2D eigenvalue weighted by Gasteiger charge is 2.68. The number of ether oxygens (including phenoxy) is 6. The number of hydrogen-bond acceptors (Lipinski definition) is 16. The number of carbonyl (C=O) groups excluding carboxylic acids is 1. The van der Waals surface area contributed by atoms with E-state index < -0.39 is 108 Å². The Kier molecular flexibility index (Phi) is 22.0. The number of alkyl halides is 12. The summed E-state index contributed by atoms with van der Waals surface area (Å²) in [6.07, 6.45) is -10.5. The van der Waals surface area contributed by atoms with Gasteiger partial charge in [-0.1, -0.05) is 55.4 Å². The summed E-state index contributed by atoms with van der Waals surface area (Å²) in [7, 11) is -7.10. The molecule has 12 rings (SSSR count). The molecule has 6 aliphatic rings. The molecule has 556 valence electrons. The summed E-state index contributed by atoms with van der Waals surface area (Å²) in [5.41, 5.74) is -5.44. The van der Waals surface area contributed by atoms with Gasteiger partial charge in [0.15, 0.2) is 41.9 Å². The van der Waals surface area contributed by atoms with E-state index in [9.17, 15) is 84.2 Å². The maximum Gasteiger partial charge on any atom is 0.450 e. The summed E-state index contributed by atoms with van der Waals surface area (Å²) in [5, 5.41) is 12.7. The molecule has 0 saturated carbocycles. The Morgan fingerprint density at radius 2 is 0.921 bits per heavy atom. The lowest BCUT2D eigenvalue weighted by atomic mass is 9.74. The first-order valence-electron chi connectivity index (χ1n) is 31.9. The van der Waals surface area contributed by atoms with Gasteiger partial charge in [0.2, 0.25) is 5.78 Å². The highest BCUT2D eigenvalue weighted by Crippen LogP contribution is 2.56. The van der Waals surface area contributed by atoms with Crippen LogP contribution in [0, 0.1) is 0 Å². The summed E-state index contributed by atoms with van der Waals surface area (Å²) < 4.78 is 242. The zero-order chi connectivity index (χ0) is 75.1. The molecule has 6 aliphatic heterocycles. The van der Waals surface area contributed by atoms with E-state index >= 15 is 0 Å². The van der Waals surface area contributed by atoms with E-state index in [1.165, 1.54) is 60.6 Å². The predicted octanol–water partition coefficient (Wildman–Crippen LogP) is 15.6. The number of pyridine rings is 1. The number of aromatic nitrogens is 1. The Balaban J connectivity index is 0.000000160. The minimum atomic E-state index is -5.01. The van der Waals surface area contributed by atoms with Gasteiger partial charge in [-0.25, -0.2) is 16.8 Å². The van der Waals surface area contributed by atoms with Crippen molar-refractivity contribution in [3.63, 3.8) is 0 Å². The first-order valence-corrected chi connectivity index (χ1v) is 39.0. The van der Waals surface area contributed by atoms with E-state index in [0.717, 1.165) is 74.5 Å². The van der Waals surface area contributed by atoms with Gasteiger partial charge in [0.05, 0.1) is 66.2 Å². The molecule has 1 N–H and O–H groups in total. The smallest absolute Gasteiger partial charge is 0.450 e. The number of thiophene rings is 1. The van der Waals surface area contributed by atoms with E-state index in [2.05, 4.69) is 6.07 Å². The van der Waals surface area contributed by atoms with Crippen LogP contribution in [0.5, 0.6) is 23.0 Å². The molecule has 2 fully saturated rings. The van der Waals surface area contributed by atoms with Crippen molar-refractivity contribution < 1.29 is 108 Å². The standard InChI is InChI=1S/C23H24F3NO5S2.C16H19F3O4S.C16H19F3O2S.C15H17F3O2S/c1-21(2,16-11-15(34(3,30)31)10-14-5-8-32-19(14)16)12-22(29,23(24,25)26)13-27-7-4-18(28)20-17(27)6-9-33-20;1-14(2,8-15(9-23-15)16(17,18)19)12-7-11(24(3,20)21)6-10-4-5-22-13(10)12;1-14(2,8-15(9-21-15)16(17,18)19)12-7-11(22-3)6-10-4-5-20-13(10)12;1-14(2,8-12(19)15(16,17)18)11-7-10(21-3)6-9-4-5-20-13(9)11/h4,6-7,9-11,29H,5,8,12-13H2,1-3H3;6-7H,4-5,8-9H2,1-3H3;6-7H,4-5,8-9H2,1-3H3;6-7H,4-5,8H2,1-3H3. The molecule has 14 nitrogen and oxygen atoms in total. The van der Waals surface area contributed by atoms with Gasteiger partial charge in [-0.15, -0.1) is 34.9 Å². The second kappa shape index (κ2) is 28.0. The van der Waals surface area contributed by atoms with Crippen LogP contribution in [0.25, 0.3) is 10.2 Å². The summed E-state index contributed by atoms with van der Waals surface area (Å²) in [6.45, 7) is 13.7. The summed E-state index contributed by atoms with van der Waals surface area (Å²) >= 11 is 4.24. The van der Waals surface area contributed by atoms with Crippen LogP contribution in [0.4, 0.5) is 52.7 Å². The molecular formula is C70H79F12NO13S5. The predicted molar refractivity (Wildman–Crippen MR) is 361 cm³/mol. The number of hydrogen-bond donors (Lipinski definition) is 1. The van der Waals surface area contributed by atoms with Gasteiger partial charge in [-0.2, -0.15) is 52.7 Å². The number of Topliss-reactive ketones (excluding diaryl/α,β-unsaturated/α-hetero) is 1. The third-order valence-corrected chi connectivity index (χ3v) is 23.5. The Labute approximate surface area is 590 Å². The summed E-state index contributed by atoms with van der Waals surface area (Å²) in [4.78, 5) is 25.5. The minimum Gasteiger partial charge on any atom is -0.493 e. The topological polar surface area (TPSA) is 190 Å². The fraction of sp³-hybridized carbons (Fsp3) is 0.543. The SMILES string of the molecule is CC(C)(CC(O)(Cn1ccc(=O)c2sccc21)C(F)(F)F)c1cc(S(C)(=O)=O)cc2c1OCC2.CC(C)(CC1(C(F)(F)F)CO1)c1cc(S(C)(=O)=O)cc2c1OCC2.CSc1cc2c(c(C(C)(C)CC(=O)C(F)(F)F)c1)OCC2.CSc1cc2c(c(C(C)(C)CC3(C(F)(F)F)CO3)c1)OCC2. The molecule has 0 aliphatic carbocycles. The molecule has 3 unspecified atom stereocenters. The number of halogens is 12. The van der Waals surface area contributed by atoms with Gasteiger partial charge in [-0.05, 0) is 130 Å². The van der Waals surface area contributed by atoms with E-state index in [4.69, 9.17) is 28.4 Å². The van der Waals surface area contributed by atoms with Crippen LogP contribution in [-0.2, 0) is 87.8 Å². The van der Waals surface area contributed by atoms with Crippen molar-refractivity contribution in [2.75, 3.05) is 64.7 Å². The van der Waals surface area contributed by atoms with Crippen molar-refractivity contribution in [3.05, 3.63) is 127 Å². The van der Waals surface area contributed by atoms with Crippen molar-refractivity contribution in [2.24, 2.45) is 0 Å². The van der Waals surface area contributed by atoms with Crippen LogP contribution in [-0.4, -0.2) is 138 Å². The van der Waals surface area contributed by atoms with E-state index in [1.54, 1.807) is 57.0 Å². The summed E-state index contributed by atoms with van der Waals surface area (Å²) in [5.74, 6) is 0.582. The minimum absolute atomic E-state index is 0.00392. The number of epoxide rings is 2. The molecule has 2 aromatic heterocycles. The molecule has 0 radical (unpaired) electrons. The molecule has 0 bridgehead atoms. The van der Waals surface area contributed by atoms with Crippen LogP contribution in [0.15, 0.2) is 96.6 Å². The number of fused-ring (bicyclic) bond motifs is 5. The van der Waals surface area contributed by atoms with Crippen molar-refractivity contribution in [2.45, 2.75) is 196 Å². The maximum atomic E-state index is 14.3. The molecule has 8 heterocycles. The van der Waals surface area contributed by atoms with Gasteiger partial charge in [0.25, 0.3) is 0 Å². The normalized spacial score (nSPS) is 19.5. The van der Waals surface area contributed by atoms with Gasteiger partial charge in [0.1, 0.15) is 23.0 Å². The number of ketones is 1. The highest BCUT2D eigenvalue weighted by molar-refractivity contribution is 7.98. The lowest BCUT2D eigenvalue weighted by Gasteiger charge is -2.39. The molecule has 0 amide bonds. The summed E-state index contributed by atoms with van der Waals surface area (Å²) in [6, 6.07) is 16.4. The Morgan fingerprint density at radius 3 is 1.27 bits per heavy atom. The first-order chi connectivity index (χ1) is 46.3. The van der Waals surface area contributed by atoms with Crippen molar-refractivity contribution in [3.8, 4) is 23.0 Å².